The molecule has 0 spiro atoms. The van der Waals surface area contributed by atoms with E-state index in [2.05, 4.69) is 6.92 Å². The van der Waals surface area contributed by atoms with Crippen molar-refractivity contribution < 1.29 is 28.9 Å². The van der Waals surface area contributed by atoms with Gasteiger partial charge in [0.1, 0.15) is 0 Å². The van der Waals surface area contributed by atoms with E-state index in [1.807, 2.05) is 0 Å². The fourth-order valence-electron chi connectivity index (χ4n) is 2.50. The number of aromatic hydroxyl groups is 1. The van der Waals surface area contributed by atoms with Crippen molar-refractivity contribution in [1.29, 1.82) is 0 Å². The van der Waals surface area contributed by atoms with Crippen LogP contribution in [0.15, 0.2) is 39.7 Å². The smallest absolute Gasteiger partial charge is 0.383 e. The monoisotopic (exact) mass is 376 g/mol. The van der Waals surface area contributed by atoms with Gasteiger partial charge in [0.15, 0.2) is 17.1 Å². The first-order chi connectivity index (χ1) is 13.0. The third-order valence-corrected chi connectivity index (χ3v) is 3.91. The van der Waals surface area contributed by atoms with Crippen molar-refractivity contribution in [3.8, 4) is 17.2 Å². The van der Waals surface area contributed by atoms with Gasteiger partial charge in [0.05, 0.1) is 24.7 Å². The van der Waals surface area contributed by atoms with Gasteiger partial charge < -0.3 is 24.1 Å². The first-order valence-corrected chi connectivity index (χ1v) is 8.99. The Labute approximate surface area is 156 Å². The summed E-state index contributed by atoms with van der Waals surface area (Å²) in [6.07, 6.45) is 8.30. The zero-order chi connectivity index (χ0) is 19.6. The van der Waals surface area contributed by atoms with E-state index in [1.165, 1.54) is 18.7 Å². The van der Waals surface area contributed by atoms with Crippen molar-refractivity contribution in [2.24, 2.45) is 0 Å². The third kappa shape index (κ3) is 5.77. The van der Waals surface area contributed by atoms with Gasteiger partial charge in [-0.1, -0.05) is 32.3 Å². The highest BCUT2D eigenvalue weighted by Gasteiger charge is 2.17. The maximum absolute atomic E-state index is 12.2. The number of ether oxygens (including phenoxy) is 2. The molecule has 1 aromatic heterocycles. The third-order valence-electron chi connectivity index (χ3n) is 3.91. The Morgan fingerprint density at radius 3 is 2.81 bits per heavy atom. The maximum atomic E-state index is 12.2. The zero-order valence-electron chi connectivity index (χ0n) is 15.3. The van der Waals surface area contributed by atoms with Crippen molar-refractivity contribution in [1.82, 2.24) is 0 Å². The van der Waals surface area contributed by atoms with Crippen LogP contribution in [0.5, 0.6) is 17.2 Å². The number of carboxylic acids is 1. The van der Waals surface area contributed by atoms with Crippen molar-refractivity contribution in [2.75, 3.05) is 6.61 Å². The minimum absolute atomic E-state index is 0.0429. The number of hydrogen-bond acceptors (Lipinski definition) is 6. The van der Waals surface area contributed by atoms with Crippen molar-refractivity contribution in [2.45, 2.75) is 45.4 Å². The molecule has 0 amide bonds. The summed E-state index contributed by atoms with van der Waals surface area (Å²) >= 11 is 0. The lowest BCUT2D eigenvalue weighted by atomic mass is 10.1. The van der Waals surface area contributed by atoms with Crippen LogP contribution in [-0.4, -0.2) is 22.8 Å². The molecule has 7 nitrogen and oxygen atoms in total. The predicted molar refractivity (Wildman–Crippen MR) is 100 cm³/mol. The SMILES string of the molecule is CCCCCCC=COc1c(O)c2cccc(OCCC(=O)O)c2oc1=O. The van der Waals surface area contributed by atoms with E-state index in [9.17, 15) is 14.7 Å². The molecule has 0 radical (unpaired) electrons. The highest BCUT2D eigenvalue weighted by molar-refractivity contribution is 5.89. The van der Waals surface area contributed by atoms with Gasteiger partial charge in [0.25, 0.3) is 5.75 Å². The Bertz CT molecular complexity index is 851. The lowest BCUT2D eigenvalue weighted by Gasteiger charge is -2.09. The second kappa shape index (κ2) is 10.3. The van der Waals surface area contributed by atoms with Crippen LogP contribution in [0.4, 0.5) is 0 Å². The van der Waals surface area contributed by atoms with Crippen LogP contribution in [0.2, 0.25) is 0 Å². The zero-order valence-corrected chi connectivity index (χ0v) is 15.3. The summed E-state index contributed by atoms with van der Waals surface area (Å²) < 4.78 is 15.9. The molecule has 0 bridgehead atoms. The van der Waals surface area contributed by atoms with E-state index in [4.69, 9.17) is 19.0 Å². The van der Waals surface area contributed by atoms with Crippen molar-refractivity contribution in [3.63, 3.8) is 0 Å². The molecule has 0 aliphatic carbocycles. The number of carbonyl (C=O) groups is 1. The number of carboxylic acid groups (broad SMARTS) is 1. The van der Waals surface area contributed by atoms with Crippen LogP contribution in [0.25, 0.3) is 11.0 Å². The second-order valence-electron chi connectivity index (χ2n) is 6.03. The van der Waals surface area contributed by atoms with E-state index in [-0.39, 0.29) is 41.2 Å². The molecule has 146 valence electrons. The molecular weight excluding hydrogens is 352 g/mol. The van der Waals surface area contributed by atoms with E-state index in [0.717, 1.165) is 25.7 Å². The molecule has 0 aliphatic rings. The molecule has 0 atom stereocenters. The number of fused-ring (bicyclic) bond motifs is 1. The molecule has 0 saturated carbocycles. The molecule has 2 rings (SSSR count). The highest BCUT2D eigenvalue weighted by atomic mass is 16.5. The van der Waals surface area contributed by atoms with Crippen LogP contribution in [0.3, 0.4) is 0 Å². The Balaban J connectivity index is 2.14. The van der Waals surface area contributed by atoms with Gasteiger partial charge in [-0.2, -0.15) is 0 Å². The Morgan fingerprint density at radius 1 is 1.26 bits per heavy atom. The minimum Gasteiger partial charge on any atom is -0.504 e. The number of benzene rings is 1. The van der Waals surface area contributed by atoms with Gasteiger partial charge in [-0.25, -0.2) is 4.79 Å². The average molecular weight is 376 g/mol. The van der Waals surface area contributed by atoms with E-state index < -0.39 is 11.6 Å². The predicted octanol–water partition coefficient (Wildman–Crippen LogP) is 4.22. The molecule has 7 heteroatoms. The van der Waals surface area contributed by atoms with E-state index in [1.54, 1.807) is 18.2 Å². The highest BCUT2D eigenvalue weighted by Crippen LogP contribution is 2.35. The number of aliphatic carboxylic acids is 1. The molecule has 0 aliphatic heterocycles. The quantitative estimate of drug-likeness (QED) is 0.344. The summed E-state index contributed by atoms with van der Waals surface area (Å²) in [4.78, 5) is 22.7. The Kier molecular flexibility index (Phi) is 7.73. The molecule has 1 heterocycles. The molecule has 0 fully saturated rings. The first-order valence-electron chi connectivity index (χ1n) is 8.99. The molecule has 2 N–H and O–H groups in total. The summed E-state index contributed by atoms with van der Waals surface area (Å²) in [5.74, 6) is -1.47. The fraction of sp³-hybridized carbons (Fsp3) is 0.400. The summed E-state index contributed by atoms with van der Waals surface area (Å²) in [6, 6.07) is 4.69. The summed E-state index contributed by atoms with van der Waals surface area (Å²) in [6.45, 7) is 2.06. The summed E-state index contributed by atoms with van der Waals surface area (Å²) in [7, 11) is 0. The van der Waals surface area contributed by atoms with Crippen LogP contribution < -0.4 is 15.1 Å². The van der Waals surface area contributed by atoms with Gasteiger partial charge in [-0.05, 0) is 31.1 Å². The normalized spacial score (nSPS) is 11.1. The number of allylic oxidation sites excluding steroid dienone is 1. The largest absolute Gasteiger partial charge is 0.504 e. The van der Waals surface area contributed by atoms with Gasteiger partial charge in [0, 0.05) is 0 Å². The number of unbranched alkanes of at least 4 members (excludes halogenated alkanes) is 4. The summed E-state index contributed by atoms with van der Waals surface area (Å²) in [5, 5.41) is 19.3. The van der Waals surface area contributed by atoms with Crippen molar-refractivity contribution in [3.05, 3.63) is 41.0 Å². The first kappa shape index (κ1) is 20.4. The van der Waals surface area contributed by atoms with Crippen LogP contribution in [0.1, 0.15) is 45.4 Å². The standard InChI is InChI=1S/C20H24O7/c1-2-3-4-5-6-7-12-26-19-17(23)14-9-8-10-15(18(14)27-20(19)24)25-13-11-16(21)22/h7-10,12,23H,2-6,11,13H2,1H3,(H,21,22). The van der Waals surface area contributed by atoms with Crippen molar-refractivity contribution >= 4 is 16.9 Å². The lowest BCUT2D eigenvalue weighted by molar-refractivity contribution is -0.137. The lowest BCUT2D eigenvalue weighted by Crippen LogP contribution is -2.07. The Morgan fingerprint density at radius 2 is 2.07 bits per heavy atom. The fourth-order valence-corrected chi connectivity index (χ4v) is 2.50. The minimum atomic E-state index is -1.00. The molecule has 1 aromatic carbocycles. The van der Waals surface area contributed by atoms with Gasteiger partial charge >= 0.3 is 11.6 Å². The van der Waals surface area contributed by atoms with Gasteiger partial charge in [0.2, 0.25) is 0 Å². The molecule has 27 heavy (non-hydrogen) atoms. The maximum Gasteiger partial charge on any atom is 0.383 e. The topological polar surface area (TPSA) is 106 Å². The van der Waals surface area contributed by atoms with Gasteiger partial charge in [-0.3, -0.25) is 4.79 Å². The van der Waals surface area contributed by atoms with E-state index >= 15 is 0 Å². The Hall–Kier alpha value is -2.96. The number of para-hydroxylation sites is 1. The number of hydrogen-bond donors (Lipinski definition) is 2. The van der Waals surface area contributed by atoms with E-state index in [0.29, 0.717) is 0 Å². The number of rotatable bonds is 11. The van der Waals surface area contributed by atoms with Crippen LogP contribution in [-0.2, 0) is 4.79 Å². The second-order valence-corrected chi connectivity index (χ2v) is 6.03. The van der Waals surface area contributed by atoms with Crippen LogP contribution in [0, 0.1) is 0 Å². The molecular formula is C20H24O7. The summed E-state index contributed by atoms with van der Waals surface area (Å²) in [5.41, 5.74) is -0.800. The average Bonchev–Trinajstić information content (AvgIpc) is 2.63. The van der Waals surface area contributed by atoms with Gasteiger partial charge in [-0.15, -0.1) is 0 Å². The molecule has 0 unspecified atom stereocenters. The van der Waals surface area contributed by atoms with Crippen LogP contribution >= 0.6 is 0 Å². The molecule has 0 saturated heterocycles. The molecule has 2 aromatic rings.